The maximum atomic E-state index is 12.9. The Labute approximate surface area is 105 Å². The molecule has 0 radical (unpaired) electrons. The molecule has 18 heavy (non-hydrogen) atoms. The highest BCUT2D eigenvalue weighted by Crippen LogP contribution is 2.25. The van der Waals surface area contributed by atoms with Crippen LogP contribution in [-0.4, -0.2) is 24.5 Å². The van der Waals surface area contributed by atoms with Crippen LogP contribution in [0.5, 0.6) is 5.75 Å². The van der Waals surface area contributed by atoms with Gasteiger partial charge in [-0.3, -0.25) is 0 Å². The fourth-order valence-corrected chi connectivity index (χ4v) is 1.70. The summed E-state index contributed by atoms with van der Waals surface area (Å²) in [5, 5.41) is 0. The van der Waals surface area contributed by atoms with Crippen molar-refractivity contribution in [3.05, 3.63) is 29.6 Å². The molecule has 1 heterocycles. The zero-order valence-corrected chi connectivity index (χ0v) is 10.5. The molecule has 5 heteroatoms. The Morgan fingerprint density at radius 3 is 2.78 bits per heavy atom. The molecule has 0 bridgehead atoms. The summed E-state index contributed by atoms with van der Waals surface area (Å²) in [7, 11) is 0. The van der Waals surface area contributed by atoms with Gasteiger partial charge in [-0.15, -0.1) is 0 Å². The molecule has 0 saturated carbocycles. The van der Waals surface area contributed by atoms with Crippen molar-refractivity contribution >= 4 is 5.97 Å². The van der Waals surface area contributed by atoms with E-state index < -0.39 is 17.9 Å². The van der Waals surface area contributed by atoms with Gasteiger partial charge in [-0.2, -0.15) is 0 Å². The summed E-state index contributed by atoms with van der Waals surface area (Å²) in [5.41, 5.74) is 0.557. The molecule has 1 atom stereocenters. The predicted octanol–water partition coefficient (Wildman–Crippen LogP) is 2.19. The van der Waals surface area contributed by atoms with Gasteiger partial charge in [0.2, 0.25) is 0 Å². The Kier molecular flexibility index (Phi) is 3.36. The van der Waals surface area contributed by atoms with E-state index in [9.17, 15) is 9.18 Å². The number of carbonyl (C=O) groups excluding carboxylic acids is 1. The highest BCUT2D eigenvalue weighted by atomic mass is 19.1. The summed E-state index contributed by atoms with van der Waals surface area (Å²) in [4.78, 5) is 11.8. The molecule has 0 amide bonds. The van der Waals surface area contributed by atoms with Gasteiger partial charge in [0, 0.05) is 0 Å². The molecule has 0 spiro atoms. The van der Waals surface area contributed by atoms with Crippen LogP contribution in [0.3, 0.4) is 0 Å². The highest BCUT2D eigenvalue weighted by molar-refractivity contribution is 5.78. The summed E-state index contributed by atoms with van der Waals surface area (Å²) in [5.74, 6) is -1.35. The minimum atomic E-state index is -0.776. The molecular weight excluding hydrogens is 239 g/mol. The number of hydrogen-bond donors (Lipinski definition) is 0. The monoisotopic (exact) mass is 254 g/mol. The molecule has 0 N–H and O–H groups in total. The summed E-state index contributed by atoms with van der Waals surface area (Å²) >= 11 is 0. The van der Waals surface area contributed by atoms with Crippen molar-refractivity contribution in [2.75, 3.05) is 6.61 Å². The van der Waals surface area contributed by atoms with E-state index in [1.165, 1.54) is 18.2 Å². The number of esters is 1. The maximum Gasteiger partial charge on any atom is 0.343 e. The van der Waals surface area contributed by atoms with Gasteiger partial charge in [0.25, 0.3) is 0 Å². The molecule has 2 rings (SSSR count). The Morgan fingerprint density at radius 2 is 2.22 bits per heavy atom. The van der Waals surface area contributed by atoms with Crippen LogP contribution in [0.25, 0.3) is 0 Å². The fraction of sp³-hybridized carbons (Fsp3) is 0.462. The van der Waals surface area contributed by atoms with Crippen molar-refractivity contribution < 1.29 is 23.4 Å². The third kappa shape index (κ3) is 2.86. The van der Waals surface area contributed by atoms with Gasteiger partial charge in [0.15, 0.2) is 11.9 Å². The van der Waals surface area contributed by atoms with Crippen LogP contribution >= 0.6 is 0 Å². The summed E-state index contributed by atoms with van der Waals surface area (Å²) in [6, 6.07) is 3.97. The quantitative estimate of drug-likeness (QED) is 0.599. The molecule has 1 fully saturated rings. The Balaban J connectivity index is 2.04. The molecule has 1 aromatic carbocycles. The standard InChI is InChI=1S/C13H15FO4/c1-8-6-9(14)4-5-10(8)17-12(15)11-7-16-13(2,3)18-11/h4-6,11H,7H2,1-3H3/t11-/m1/s1. The van der Waals surface area contributed by atoms with Crippen LogP contribution in [0.4, 0.5) is 4.39 Å². The Morgan fingerprint density at radius 1 is 1.50 bits per heavy atom. The molecule has 1 saturated heterocycles. The first-order valence-corrected chi connectivity index (χ1v) is 5.67. The molecule has 0 unspecified atom stereocenters. The van der Waals surface area contributed by atoms with Crippen LogP contribution in [0.1, 0.15) is 19.4 Å². The first-order chi connectivity index (χ1) is 8.37. The number of benzene rings is 1. The van der Waals surface area contributed by atoms with Crippen LogP contribution in [0, 0.1) is 12.7 Å². The van der Waals surface area contributed by atoms with Gasteiger partial charge in [-0.1, -0.05) is 0 Å². The van der Waals surface area contributed by atoms with Crippen LogP contribution < -0.4 is 4.74 Å². The molecule has 1 aliphatic heterocycles. The second kappa shape index (κ2) is 4.66. The van der Waals surface area contributed by atoms with Crippen LogP contribution in [0.2, 0.25) is 0 Å². The minimum absolute atomic E-state index is 0.159. The zero-order chi connectivity index (χ0) is 13.3. The largest absolute Gasteiger partial charge is 0.424 e. The molecule has 0 aliphatic carbocycles. The van der Waals surface area contributed by atoms with E-state index in [1.807, 2.05) is 0 Å². The lowest BCUT2D eigenvalue weighted by atomic mass is 10.2. The van der Waals surface area contributed by atoms with E-state index in [2.05, 4.69) is 0 Å². The SMILES string of the molecule is Cc1cc(F)ccc1OC(=O)[C@H]1COC(C)(C)O1. The second-order valence-electron chi connectivity index (χ2n) is 4.65. The molecule has 98 valence electrons. The maximum absolute atomic E-state index is 12.9. The van der Waals surface area contributed by atoms with E-state index in [0.717, 1.165) is 0 Å². The summed E-state index contributed by atoms with van der Waals surface area (Å²) in [6.45, 7) is 5.28. The van der Waals surface area contributed by atoms with Gasteiger partial charge in [0.05, 0.1) is 6.61 Å². The minimum Gasteiger partial charge on any atom is -0.424 e. The number of ether oxygens (including phenoxy) is 3. The van der Waals surface area contributed by atoms with Gasteiger partial charge in [-0.05, 0) is 44.5 Å². The topological polar surface area (TPSA) is 44.8 Å². The highest BCUT2D eigenvalue weighted by Gasteiger charge is 2.38. The number of carbonyl (C=O) groups is 1. The fourth-order valence-electron chi connectivity index (χ4n) is 1.70. The lowest BCUT2D eigenvalue weighted by Crippen LogP contribution is -2.30. The summed E-state index contributed by atoms with van der Waals surface area (Å²) < 4.78 is 28.7. The lowest BCUT2D eigenvalue weighted by molar-refractivity contribution is -0.162. The molecular formula is C13H15FO4. The molecule has 1 aromatic rings. The van der Waals surface area contributed by atoms with Crippen LogP contribution in [0.15, 0.2) is 18.2 Å². The van der Waals surface area contributed by atoms with Gasteiger partial charge in [-0.25, -0.2) is 9.18 Å². The van der Waals surface area contributed by atoms with Gasteiger partial charge in [0.1, 0.15) is 11.6 Å². The number of hydrogen-bond acceptors (Lipinski definition) is 4. The zero-order valence-electron chi connectivity index (χ0n) is 10.5. The van der Waals surface area contributed by atoms with E-state index >= 15 is 0 Å². The molecule has 4 nitrogen and oxygen atoms in total. The lowest BCUT2D eigenvalue weighted by Gasteiger charge is -2.16. The van der Waals surface area contributed by atoms with E-state index in [4.69, 9.17) is 14.2 Å². The van der Waals surface area contributed by atoms with E-state index in [1.54, 1.807) is 20.8 Å². The first-order valence-electron chi connectivity index (χ1n) is 5.67. The average molecular weight is 254 g/mol. The van der Waals surface area contributed by atoms with Crippen molar-refractivity contribution in [1.82, 2.24) is 0 Å². The smallest absolute Gasteiger partial charge is 0.343 e. The van der Waals surface area contributed by atoms with Crippen molar-refractivity contribution in [3.63, 3.8) is 0 Å². The van der Waals surface area contributed by atoms with Crippen molar-refractivity contribution in [1.29, 1.82) is 0 Å². The Hall–Kier alpha value is -1.46. The molecule has 1 aliphatic rings. The number of aryl methyl sites for hydroxylation is 1. The average Bonchev–Trinajstić information content (AvgIpc) is 2.63. The van der Waals surface area contributed by atoms with E-state index in [0.29, 0.717) is 11.3 Å². The van der Waals surface area contributed by atoms with Crippen molar-refractivity contribution in [2.45, 2.75) is 32.7 Å². The second-order valence-corrected chi connectivity index (χ2v) is 4.65. The van der Waals surface area contributed by atoms with Gasteiger partial charge >= 0.3 is 5.97 Å². The third-order valence-electron chi connectivity index (χ3n) is 2.62. The number of rotatable bonds is 2. The third-order valence-corrected chi connectivity index (χ3v) is 2.62. The molecule has 0 aromatic heterocycles. The normalized spacial score (nSPS) is 21.9. The van der Waals surface area contributed by atoms with Crippen LogP contribution in [-0.2, 0) is 14.3 Å². The van der Waals surface area contributed by atoms with Crippen molar-refractivity contribution in [2.24, 2.45) is 0 Å². The van der Waals surface area contributed by atoms with E-state index in [-0.39, 0.29) is 12.4 Å². The van der Waals surface area contributed by atoms with Crippen molar-refractivity contribution in [3.8, 4) is 5.75 Å². The number of halogens is 1. The first kappa shape index (κ1) is 13.0. The summed E-state index contributed by atoms with van der Waals surface area (Å²) in [6.07, 6.45) is -0.746. The van der Waals surface area contributed by atoms with Gasteiger partial charge < -0.3 is 14.2 Å². The Bertz CT molecular complexity index is 470. The predicted molar refractivity (Wildman–Crippen MR) is 61.7 cm³/mol.